The first kappa shape index (κ1) is 16.8. The van der Waals surface area contributed by atoms with Gasteiger partial charge in [0.1, 0.15) is 0 Å². The molecule has 26 heavy (non-hydrogen) atoms. The van der Waals surface area contributed by atoms with Crippen molar-refractivity contribution < 1.29 is 0 Å². The molecule has 0 fully saturated rings. The largest absolute Gasteiger partial charge is 0.263 e. The molecular formula is C23H25N3. The van der Waals surface area contributed by atoms with Crippen molar-refractivity contribution in [3.63, 3.8) is 0 Å². The Kier molecular flexibility index (Phi) is 4.96. The van der Waals surface area contributed by atoms with E-state index in [0.717, 1.165) is 29.6 Å². The van der Waals surface area contributed by atoms with Gasteiger partial charge in [0, 0.05) is 17.0 Å². The number of unbranched alkanes of at least 4 members (excludes halogenated alkanes) is 2. The van der Waals surface area contributed by atoms with Crippen LogP contribution in [-0.2, 0) is 0 Å². The number of hydrogen-bond donors (Lipinski definition) is 0. The first-order valence-corrected chi connectivity index (χ1v) is 9.60. The molecule has 3 nitrogen and oxygen atoms in total. The molecule has 0 spiro atoms. The van der Waals surface area contributed by atoms with Gasteiger partial charge in [0.25, 0.3) is 0 Å². The molecule has 1 atom stereocenters. The van der Waals surface area contributed by atoms with Gasteiger partial charge in [0.2, 0.25) is 0 Å². The number of hydrazone groups is 1. The van der Waals surface area contributed by atoms with E-state index in [4.69, 9.17) is 5.10 Å². The highest BCUT2D eigenvalue weighted by atomic mass is 15.5. The molecule has 3 aromatic rings. The van der Waals surface area contributed by atoms with Crippen LogP contribution in [0.25, 0.3) is 10.9 Å². The number of fused-ring (bicyclic) bond motifs is 1. The maximum Gasteiger partial charge on any atom is 0.0783 e. The molecule has 1 unspecified atom stereocenters. The predicted molar refractivity (Wildman–Crippen MR) is 110 cm³/mol. The highest BCUT2D eigenvalue weighted by Gasteiger charge is 2.28. The molecule has 0 N–H and O–H groups in total. The van der Waals surface area contributed by atoms with Crippen LogP contribution in [0.2, 0.25) is 0 Å². The summed E-state index contributed by atoms with van der Waals surface area (Å²) >= 11 is 0. The summed E-state index contributed by atoms with van der Waals surface area (Å²) in [5.41, 5.74) is 4.77. The van der Waals surface area contributed by atoms with Crippen molar-refractivity contribution in [1.82, 2.24) is 4.98 Å². The van der Waals surface area contributed by atoms with Gasteiger partial charge < -0.3 is 0 Å². The van der Waals surface area contributed by atoms with Crippen LogP contribution in [0.15, 0.2) is 72.0 Å². The van der Waals surface area contributed by atoms with E-state index >= 15 is 0 Å². The van der Waals surface area contributed by atoms with Gasteiger partial charge in [0.15, 0.2) is 0 Å². The molecule has 0 aliphatic carbocycles. The van der Waals surface area contributed by atoms with Crippen molar-refractivity contribution in [1.29, 1.82) is 0 Å². The van der Waals surface area contributed by atoms with Gasteiger partial charge in [-0.15, -0.1) is 0 Å². The number of para-hydroxylation sites is 1. The Morgan fingerprint density at radius 2 is 1.81 bits per heavy atom. The van der Waals surface area contributed by atoms with E-state index in [0.29, 0.717) is 5.92 Å². The van der Waals surface area contributed by atoms with Crippen molar-refractivity contribution in [3.8, 4) is 0 Å². The average Bonchev–Trinajstić information content (AvgIpc) is 3.13. The Morgan fingerprint density at radius 1 is 1.00 bits per heavy atom. The fourth-order valence-electron chi connectivity index (χ4n) is 3.67. The predicted octanol–water partition coefficient (Wildman–Crippen LogP) is 5.77. The minimum absolute atomic E-state index is 0.375. The fourth-order valence-corrected chi connectivity index (χ4v) is 3.67. The molecule has 0 saturated carbocycles. The third-order valence-corrected chi connectivity index (χ3v) is 5.12. The summed E-state index contributed by atoms with van der Waals surface area (Å²) in [6, 6.07) is 21.2. The molecule has 0 bridgehead atoms. The van der Waals surface area contributed by atoms with Crippen LogP contribution in [0.1, 0.15) is 44.1 Å². The smallest absolute Gasteiger partial charge is 0.0783 e. The van der Waals surface area contributed by atoms with Crippen molar-refractivity contribution >= 4 is 22.3 Å². The van der Waals surface area contributed by atoms with Crippen LogP contribution in [0, 0.1) is 0 Å². The Balaban J connectivity index is 1.63. The van der Waals surface area contributed by atoms with Gasteiger partial charge in [-0.1, -0.05) is 68.3 Å². The molecule has 0 saturated heterocycles. The van der Waals surface area contributed by atoms with Crippen LogP contribution < -0.4 is 5.01 Å². The average molecular weight is 343 g/mol. The van der Waals surface area contributed by atoms with Gasteiger partial charge in [-0.05, 0) is 30.5 Å². The summed E-state index contributed by atoms with van der Waals surface area (Å²) in [6.07, 6.45) is 6.73. The van der Waals surface area contributed by atoms with E-state index in [1.54, 1.807) is 0 Å². The van der Waals surface area contributed by atoms with Gasteiger partial charge in [-0.2, -0.15) is 5.10 Å². The summed E-state index contributed by atoms with van der Waals surface area (Å²) in [6.45, 7) is 3.14. The number of aromatic nitrogens is 1. The van der Waals surface area contributed by atoms with E-state index in [2.05, 4.69) is 71.5 Å². The molecule has 4 rings (SSSR count). The molecule has 2 aromatic carbocycles. The van der Waals surface area contributed by atoms with Crippen LogP contribution in [0.3, 0.4) is 0 Å². The van der Waals surface area contributed by atoms with Gasteiger partial charge >= 0.3 is 0 Å². The standard InChI is InChI=1S/C23H25N3/c1-2-3-5-14-23-21(18-10-6-4-7-11-18)17-26(25-23)20-15-19-12-8-9-13-22(19)24-16-20/h4,6-13,15-16,21H,2-3,5,14,17H2,1H3. The van der Waals surface area contributed by atoms with Crippen LogP contribution >= 0.6 is 0 Å². The van der Waals surface area contributed by atoms with Crippen molar-refractivity contribution in [2.24, 2.45) is 5.10 Å². The minimum atomic E-state index is 0.375. The Hall–Kier alpha value is -2.68. The van der Waals surface area contributed by atoms with E-state index in [9.17, 15) is 0 Å². The molecular weight excluding hydrogens is 318 g/mol. The quantitative estimate of drug-likeness (QED) is 0.531. The first-order valence-electron chi connectivity index (χ1n) is 9.60. The second-order valence-electron chi connectivity index (χ2n) is 6.98. The molecule has 2 heterocycles. The third kappa shape index (κ3) is 3.48. The third-order valence-electron chi connectivity index (χ3n) is 5.12. The molecule has 0 radical (unpaired) electrons. The fraction of sp³-hybridized carbons (Fsp3) is 0.304. The SMILES string of the molecule is CCCCCC1=NN(c2cnc3ccccc3c2)CC1c1ccccc1. The number of hydrogen-bond acceptors (Lipinski definition) is 3. The van der Waals surface area contributed by atoms with Crippen molar-refractivity contribution in [2.45, 2.75) is 38.5 Å². The van der Waals surface area contributed by atoms with Crippen molar-refractivity contribution in [2.75, 3.05) is 11.6 Å². The lowest BCUT2D eigenvalue weighted by Gasteiger charge is -2.17. The lowest BCUT2D eigenvalue weighted by molar-refractivity contribution is 0.734. The second-order valence-corrected chi connectivity index (χ2v) is 6.98. The van der Waals surface area contributed by atoms with E-state index in [1.807, 2.05) is 12.3 Å². The molecule has 1 aliphatic heterocycles. The minimum Gasteiger partial charge on any atom is -0.263 e. The normalized spacial score (nSPS) is 16.9. The zero-order valence-corrected chi connectivity index (χ0v) is 15.3. The number of rotatable bonds is 6. The topological polar surface area (TPSA) is 28.5 Å². The van der Waals surface area contributed by atoms with Gasteiger partial charge in [-0.3, -0.25) is 9.99 Å². The first-order chi connectivity index (χ1) is 12.8. The monoisotopic (exact) mass is 343 g/mol. The summed E-state index contributed by atoms with van der Waals surface area (Å²) in [4.78, 5) is 4.61. The number of benzene rings is 2. The zero-order chi connectivity index (χ0) is 17.8. The van der Waals surface area contributed by atoms with Gasteiger partial charge in [-0.25, -0.2) is 0 Å². The van der Waals surface area contributed by atoms with E-state index in [1.165, 1.54) is 30.5 Å². The molecule has 1 aromatic heterocycles. The molecule has 132 valence electrons. The Bertz CT molecular complexity index is 901. The Labute approximate surface area is 155 Å². The number of anilines is 1. The second kappa shape index (κ2) is 7.69. The lowest BCUT2D eigenvalue weighted by Crippen LogP contribution is -2.18. The highest BCUT2D eigenvalue weighted by Crippen LogP contribution is 2.31. The van der Waals surface area contributed by atoms with Gasteiger partial charge in [0.05, 0.1) is 23.9 Å². The summed E-state index contributed by atoms with van der Waals surface area (Å²) in [5, 5.41) is 8.30. The zero-order valence-electron chi connectivity index (χ0n) is 15.3. The summed E-state index contributed by atoms with van der Waals surface area (Å²) in [7, 11) is 0. The highest BCUT2D eigenvalue weighted by molar-refractivity contribution is 5.94. The van der Waals surface area contributed by atoms with Crippen molar-refractivity contribution in [3.05, 3.63) is 72.4 Å². The summed E-state index contributed by atoms with van der Waals surface area (Å²) < 4.78 is 0. The Morgan fingerprint density at radius 3 is 2.65 bits per heavy atom. The molecule has 3 heteroatoms. The molecule has 1 aliphatic rings. The maximum atomic E-state index is 5.00. The number of pyridine rings is 1. The number of nitrogens with zero attached hydrogens (tertiary/aromatic N) is 3. The van der Waals surface area contributed by atoms with E-state index < -0.39 is 0 Å². The van der Waals surface area contributed by atoms with Crippen LogP contribution in [0.5, 0.6) is 0 Å². The lowest BCUT2D eigenvalue weighted by atomic mass is 9.92. The van der Waals surface area contributed by atoms with Crippen LogP contribution in [-0.4, -0.2) is 17.2 Å². The summed E-state index contributed by atoms with van der Waals surface area (Å²) in [5.74, 6) is 0.375. The molecule has 0 amide bonds. The van der Waals surface area contributed by atoms with Crippen LogP contribution in [0.4, 0.5) is 5.69 Å². The maximum absolute atomic E-state index is 5.00. The van der Waals surface area contributed by atoms with E-state index in [-0.39, 0.29) is 0 Å².